The van der Waals surface area contributed by atoms with Gasteiger partial charge in [-0.1, -0.05) is 22.9 Å². The van der Waals surface area contributed by atoms with Crippen LogP contribution in [-0.4, -0.2) is 62.7 Å². The van der Waals surface area contributed by atoms with E-state index < -0.39 is 36.0 Å². The quantitative estimate of drug-likeness (QED) is 0.195. The van der Waals surface area contributed by atoms with Crippen molar-refractivity contribution in [3.63, 3.8) is 0 Å². The molecule has 1 aliphatic heterocycles. The van der Waals surface area contributed by atoms with Crippen LogP contribution in [0.2, 0.25) is 0 Å². The maximum atomic E-state index is 10.5. The van der Waals surface area contributed by atoms with Crippen molar-refractivity contribution in [2.45, 2.75) is 29.3 Å². The second kappa shape index (κ2) is 7.75. The molecule has 1 aromatic carbocycles. The highest BCUT2D eigenvalue weighted by molar-refractivity contribution is 8.68. The zero-order chi connectivity index (χ0) is 17.2. The number of thioether (sulfide) groups is 1. The molecule has 5 N–H and O–H groups in total. The highest BCUT2D eigenvalue weighted by Crippen LogP contribution is 2.49. The molecule has 0 aromatic heterocycles. The lowest BCUT2D eigenvalue weighted by molar-refractivity contribution is -0.245. The molecule has 1 heterocycles. The first-order valence-electron chi connectivity index (χ1n) is 6.71. The summed E-state index contributed by atoms with van der Waals surface area (Å²) in [4.78, 5) is -1.55. The Bertz CT molecular complexity index is 573. The van der Waals surface area contributed by atoms with Crippen molar-refractivity contribution in [2.75, 3.05) is 12.9 Å². The summed E-state index contributed by atoms with van der Waals surface area (Å²) in [6.07, 6.45) is -3.82. The molecule has 0 saturated carbocycles. The zero-order valence-corrected chi connectivity index (χ0v) is 14.7. The molecule has 0 unspecified atom stereocenters. The van der Waals surface area contributed by atoms with Gasteiger partial charge >= 0.3 is 0 Å². The van der Waals surface area contributed by atoms with Gasteiger partial charge in [-0.3, -0.25) is 5.41 Å². The van der Waals surface area contributed by atoms with E-state index >= 15 is 0 Å². The lowest BCUT2D eigenvalue weighted by Crippen LogP contribution is -2.62. The van der Waals surface area contributed by atoms with Gasteiger partial charge in [0, 0.05) is 11.1 Å². The van der Waals surface area contributed by atoms with Crippen LogP contribution in [0, 0.1) is 11.5 Å². The van der Waals surface area contributed by atoms with Gasteiger partial charge in [0.05, 0.1) is 11.7 Å². The number of aliphatic hydroxyl groups excluding tert-OH is 4. The smallest absolute Gasteiger partial charge is 0.178 e. The van der Waals surface area contributed by atoms with Crippen LogP contribution in [0.3, 0.4) is 0 Å². The molecule has 1 aliphatic rings. The fourth-order valence-electron chi connectivity index (χ4n) is 2.52. The Hall–Kier alpha value is -0.260. The molecule has 6 nitrogen and oxygen atoms in total. The Balaban J connectivity index is 2.59. The molecule has 5 atom stereocenters. The third kappa shape index (κ3) is 3.29. The van der Waals surface area contributed by atoms with Gasteiger partial charge in [0.2, 0.25) is 0 Å². The summed E-state index contributed by atoms with van der Waals surface area (Å²) in [6.45, 7) is -0.535. The van der Waals surface area contributed by atoms with Crippen LogP contribution in [0.4, 0.5) is 0 Å². The Morgan fingerprint density at radius 3 is 2.70 bits per heavy atom. The van der Waals surface area contributed by atoms with Gasteiger partial charge in [0.25, 0.3) is 0 Å². The molecule has 0 aliphatic carbocycles. The van der Waals surface area contributed by atoms with E-state index in [4.69, 9.17) is 10.1 Å². The minimum absolute atomic E-state index is 0.243. The van der Waals surface area contributed by atoms with Gasteiger partial charge < -0.3 is 25.2 Å². The second-order valence-electron chi connectivity index (χ2n) is 5.03. The normalized spacial score (nSPS) is 34.3. The molecule has 23 heavy (non-hydrogen) atoms. The van der Waals surface area contributed by atoms with Crippen LogP contribution in [0.25, 0.3) is 0 Å². The maximum absolute atomic E-state index is 10.5. The molecule has 127 valence electrons. The summed E-state index contributed by atoms with van der Waals surface area (Å²) >= 11 is 5.39. The first-order chi connectivity index (χ1) is 10.9. The monoisotopic (exact) mass is 376 g/mol. The number of rotatable bonds is 4. The first kappa shape index (κ1) is 19.1. The highest BCUT2D eigenvalue weighted by atomic mass is 33.1. The van der Waals surface area contributed by atoms with Crippen molar-refractivity contribution in [3.05, 3.63) is 35.4 Å². The average Bonchev–Trinajstić information content (AvgIpc) is 2.60. The van der Waals surface area contributed by atoms with Crippen LogP contribution in [0.15, 0.2) is 18.2 Å². The molecule has 1 fully saturated rings. The number of hydrogen-bond acceptors (Lipinski definition) is 9. The fourth-order valence-corrected chi connectivity index (χ4v) is 4.34. The van der Waals surface area contributed by atoms with Gasteiger partial charge in [0.15, 0.2) is 4.93 Å². The molecular formula is C14H18NO5S3. The summed E-state index contributed by atoms with van der Waals surface area (Å²) in [6, 6.07) is 7.70. The molecule has 0 spiro atoms. The predicted molar refractivity (Wildman–Crippen MR) is 93.9 cm³/mol. The number of aliphatic hydroxyl groups is 4. The summed E-state index contributed by atoms with van der Waals surface area (Å²) < 4.78 is 5.74. The van der Waals surface area contributed by atoms with Crippen molar-refractivity contribution in [3.8, 4) is 0 Å². The topological polar surface area (TPSA) is 114 Å². The van der Waals surface area contributed by atoms with Gasteiger partial charge in [-0.2, -0.15) is 0 Å². The number of hydrogen-bond donors (Lipinski definition) is 6. The SMILES string of the molecule is CSC(=N)c1cc[c]cc1[C@]1(SS)O[C@H](CO)[C@@H](O)[C@H](O)[C@H]1O. The van der Waals surface area contributed by atoms with Crippen LogP contribution >= 0.6 is 34.2 Å². The standard InChI is InChI=1S/C14H18NO5S3/c1-22-13(15)7-4-2-3-5-8(7)14(23-21)12(19)11(18)10(17)9(6-16)20-14/h2,4-5,9-12,15-19,21H,6H2,1H3/t9-,10-,11+,12-,14-/m1/s1. The molecule has 9 heteroatoms. The van der Waals surface area contributed by atoms with Crippen molar-refractivity contribution in [1.82, 2.24) is 0 Å². The number of ether oxygens (including phenoxy) is 1. The lowest BCUT2D eigenvalue weighted by Gasteiger charge is -2.48. The van der Waals surface area contributed by atoms with Gasteiger partial charge in [-0.05, 0) is 18.4 Å². The first-order valence-corrected chi connectivity index (χ1v) is 9.81. The number of thiol groups is 1. The van der Waals surface area contributed by atoms with Crippen molar-refractivity contribution >= 4 is 39.3 Å². The predicted octanol–water partition coefficient (Wildman–Crippen LogP) is 0.380. The van der Waals surface area contributed by atoms with E-state index in [2.05, 4.69) is 17.7 Å². The summed E-state index contributed by atoms with van der Waals surface area (Å²) in [5, 5.41) is 48.3. The molecule has 2 rings (SSSR count). The number of benzene rings is 1. The molecule has 1 radical (unpaired) electrons. The lowest BCUT2D eigenvalue weighted by atomic mass is 9.88. The number of nitrogens with one attached hydrogen (secondary N) is 1. The highest BCUT2D eigenvalue weighted by Gasteiger charge is 2.55. The van der Waals surface area contributed by atoms with Crippen molar-refractivity contribution in [2.24, 2.45) is 0 Å². The van der Waals surface area contributed by atoms with Gasteiger partial charge in [-0.15, -0.1) is 23.4 Å². The van der Waals surface area contributed by atoms with Crippen LogP contribution in [-0.2, 0) is 9.67 Å². The van der Waals surface area contributed by atoms with E-state index in [1.54, 1.807) is 24.5 Å². The minimum atomic E-state index is -1.55. The Labute approximate surface area is 147 Å². The van der Waals surface area contributed by atoms with Crippen molar-refractivity contribution < 1.29 is 25.2 Å². The maximum Gasteiger partial charge on any atom is 0.178 e. The van der Waals surface area contributed by atoms with E-state index in [1.807, 2.05) is 0 Å². The molecule has 1 saturated heterocycles. The molecule has 0 bridgehead atoms. The van der Waals surface area contributed by atoms with E-state index in [9.17, 15) is 20.4 Å². The molecule has 0 amide bonds. The third-order valence-corrected chi connectivity index (χ3v) is 6.04. The third-order valence-electron chi connectivity index (χ3n) is 3.77. The zero-order valence-electron chi connectivity index (χ0n) is 12.2. The van der Waals surface area contributed by atoms with Crippen LogP contribution in [0.5, 0.6) is 0 Å². The van der Waals surface area contributed by atoms with Crippen LogP contribution in [0.1, 0.15) is 11.1 Å². The van der Waals surface area contributed by atoms with E-state index in [1.165, 1.54) is 11.8 Å². The van der Waals surface area contributed by atoms with E-state index in [-0.39, 0.29) is 5.04 Å². The van der Waals surface area contributed by atoms with Crippen molar-refractivity contribution in [1.29, 1.82) is 5.41 Å². The second-order valence-corrected chi connectivity index (χ2v) is 7.18. The summed E-state index contributed by atoms with van der Waals surface area (Å²) in [7, 11) is 0.835. The molecular weight excluding hydrogens is 358 g/mol. The van der Waals surface area contributed by atoms with E-state index in [0.29, 0.717) is 11.1 Å². The van der Waals surface area contributed by atoms with Crippen LogP contribution < -0.4 is 0 Å². The summed E-state index contributed by atoms with van der Waals surface area (Å²) in [5.41, 5.74) is 0.897. The Kier molecular flexibility index (Phi) is 6.42. The largest absolute Gasteiger partial charge is 0.394 e. The average molecular weight is 377 g/mol. The van der Waals surface area contributed by atoms with E-state index in [0.717, 1.165) is 10.8 Å². The minimum Gasteiger partial charge on any atom is -0.394 e. The summed E-state index contributed by atoms with van der Waals surface area (Å²) in [5.74, 6) is 0. The fraction of sp³-hybridized carbons (Fsp3) is 0.500. The Morgan fingerprint density at radius 1 is 1.43 bits per heavy atom. The van der Waals surface area contributed by atoms with Gasteiger partial charge in [0.1, 0.15) is 24.4 Å². The van der Waals surface area contributed by atoms with Gasteiger partial charge in [-0.25, -0.2) is 0 Å². The molecule has 1 aromatic rings. The Morgan fingerprint density at radius 2 is 2.13 bits per heavy atom.